The van der Waals surface area contributed by atoms with Crippen molar-refractivity contribution in [1.29, 1.82) is 0 Å². The second kappa shape index (κ2) is 9.40. The molecule has 0 spiro atoms. The van der Waals surface area contributed by atoms with E-state index in [2.05, 4.69) is 30.4 Å². The minimum absolute atomic E-state index is 0.120. The fourth-order valence-electron chi connectivity index (χ4n) is 3.74. The maximum absolute atomic E-state index is 14.3. The Balaban J connectivity index is 1.96. The Morgan fingerprint density at radius 1 is 1.16 bits per heavy atom. The predicted octanol–water partition coefficient (Wildman–Crippen LogP) is 4.88. The number of methoxy groups -OCH3 is 1. The van der Waals surface area contributed by atoms with Crippen molar-refractivity contribution in [2.24, 2.45) is 0 Å². The third kappa shape index (κ3) is 4.91. The molecule has 0 bridgehead atoms. The van der Waals surface area contributed by atoms with Crippen molar-refractivity contribution in [2.45, 2.75) is 46.0 Å². The molecule has 0 aliphatic heterocycles. The summed E-state index contributed by atoms with van der Waals surface area (Å²) in [6.45, 7) is 8.32. The van der Waals surface area contributed by atoms with Gasteiger partial charge in [-0.2, -0.15) is 0 Å². The molecule has 0 saturated heterocycles. The van der Waals surface area contributed by atoms with E-state index in [-0.39, 0.29) is 23.4 Å². The molecule has 32 heavy (non-hydrogen) atoms. The molecule has 0 saturated carbocycles. The highest BCUT2D eigenvalue weighted by Gasteiger charge is 2.31. The van der Waals surface area contributed by atoms with Gasteiger partial charge >= 0.3 is 11.9 Å². The molecule has 1 aliphatic carbocycles. The van der Waals surface area contributed by atoms with Gasteiger partial charge in [-0.25, -0.2) is 9.18 Å². The molecule has 2 aromatic rings. The van der Waals surface area contributed by atoms with Crippen LogP contribution in [0.15, 0.2) is 36.4 Å². The summed E-state index contributed by atoms with van der Waals surface area (Å²) in [4.78, 5) is 23.8. The summed E-state index contributed by atoms with van der Waals surface area (Å²) in [6.07, 6.45) is 2.55. The lowest BCUT2D eigenvalue weighted by Gasteiger charge is -2.32. The molecular formula is C27H27FO4. The maximum atomic E-state index is 14.3. The molecule has 0 fully saturated rings. The third-order valence-corrected chi connectivity index (χ3v) is 5.65. The number of hydrogen-bond donors (Lipinski definition) is 0. The van der Waals surface area contributed by atoms with Crippen LogP contribution in [-0.4, -0.2) is 25.7 Å². The first-order valence-corrected chi connectivity index (χ1v) is 10.6. The lowest BCUT2D eigenvalue weighted by Crippen LogP contribution is -2.24. The van der Waals surface area contributed by atoms with Crippen LogP contribution in [0.3, 0.4) is 0 Å². The molecule has 0 aromatic heterocycles. The third-order valence-electron chi connectivity index (χ3n) is 5.65. The summed E-state index contributed by atoms with van der Waals surface area (Å²) in [7, 11) is 1.27. The van der Waals surface area contributed by atoms with Gasteiger partial charge in [0.05, 0.1) is 25.7 Å². The van der Waals surface area contributed by atoms with E-state index in [0.29, 0.717) is 17.7 Å². The van der Waals surface area contributed by atoms with Crippen molar-refractivity contribution in [2.75, 3.05) is 13.7 Å². The van der Waals surface area contributed by atoms with Gasteiger partial charge in [0, 0.05) is 11.1 Å². The first-order chi connectivity index (χ1) is 15.2. The Morgan fingerprint density at radius 2 is 1.91 bits per heavy atom. The number of carbonyl (C=O) groups is 2. The zero-order chi connectivity index (χ0) is 23.5. The van der Waals surface area contributed by atoms with Crippen LogP contribution in [0.5, 0.6) is 0 Å². The summed E-state index contributed by atoms with van der Waals surface area (Å²) in [5.41, 5.74) is 4.88. The highest BCUT2D eigenvalue weighted by atomic mass is 19.1. The van der Waals surface area contributed by atoms with Crippen molar-refractivity contribution in [1.82, 2.24) is 0 Å². The van der Waals surface area contributed by atoms with Gasteiger partial charge in [0.1, 0.15) is 5.82 Å². The summed E-state index contributed by atoms with van der Waals surface area (Å²) in [5.74, 6) is 4.85. The Labute approximate surface area is 188 Å². The van der Waals surface area contributed by atoms with Crippen LogP contribution >= 0.6 is 0 Å². The number of aryl methyl sites for hydroxylation is 1. The van der Waals surface area contributed by atoms with Gasteiger partial charge in [-0.3, -0.25) is 4.79 Å². The van der Waals surface area contributed by atoms with Crippen LogP contribution in [0.25, 0.3) is 5.57 Å². The molecule has 4 nitrogen and oxygen atoms in total. The largest absolute Gasteiger partial charge is 0.469 e. The monoisotopic (exact) mass is 434 g/mol. The van der Waals surface area contributed by atoms with E-state index in [0.717, 1.165) is 28.7 Å². The zero-order valence-electron chi connectivity index (χ0n) is 19.1. The molecule has 0 amide bonds. The van der Waals surface area contributed by atoms with Crippen LogP contribution in [0.1, 0.15) is 60.6 Å². The molecule has 5 heteroatoms. The molecule has 3 rings (SSSR count). The highest BCUT2D eigenvalue weighted by molar-refractivity contribution is 6.17. The van der Waals surface area contributed by atoms with Gasteiger partial charge in [0.25, 0.3) is 0 Å². The number of benzene rings is 2. The van der Waals surface area contributed by atoms with E-state index in [9.17, 15) is 14.0 Å². The molecule has 2 aromatic carbocycles. The summed E-state index contributed by atoms with van der Waals surface area (Å²) in [6, 6.07) is 8.56. The average Bonchev–Trinajstić information content (AvgIpc) is 2.74. The second-order valence-corrected chi connectivity index (χ2v) is 8.45. The van der Waals surface area contributed by atoms with E-state index in [1.807, 2.05) is 25.1 Å². The Kier molecular flexibility index (Phi) is 6.84. The summed E-state index contributed by atoms with van der Waals surface area (Å²) in [5, 5.41) is 0. The predicted molar refractivity (Wildman–Crippen MR) is 122 cm³/mol. The minimum Gasteiger partial charge on any atom is -0.469 e. The molecule has 0 radical (unpaired) electrons. The summed E-state index contributed by atoms with van der Waals surface area (Å²) < 4.78 is 24.2. The Morgan fingerprint density at radius 3 is 2.56 bits per heavy atom. The number of esters is 2. The first kappa shape index (κ1) is 23.3. The van der Waals surface area contributed by atoms with Crippen molar-refractivity contribution in [3.63, 3.8) is 0 Å². The quantitative estimate of drug-likeness (QED) is 0.509. The number of halogens is 1. The van der Waals surface area contributed by atoms with Crippen LogP contribution in [0.4, 0.5) is 4.39 Å². The molecule has 0 heterocycles. The van der Waals surface area contributed by atoms with Crippen LogP contribution in [0.2, 0.25) is 0 Å². The SMILES string of the molecule is CCOC(=O)C1=CCC(C)(C)c2cc(C#Cc3ccc(CC(=O)OC)c(F)c3)c(C)cc21. The van der Waals surface area contributed by atoms with Crippen molar-refractivity contribution < 1.29 is 23.5 Å². The maximum Gasteiger partial charge on any atom is 0.338 e. The van der Waals surface area contributed by atoms with Crippen LogP contribution < -0.4 is 0 Å². The lowest BCUT2D eigenvalue weighted by atomic mass is 9.72. The first-order valence-electron chi connectivity index (χ1n) is 10.6. The van der Waals surface area contributed by atoms with Crippen molar-refractivity contribution >= 4 is 17.5 Å². The summed E-state index contributed by atoms with van der Waals surface area (Å²) >= 11 is 0. The Bertz CT molecular complexity index is 1160. The number of carbonyl (C=O) groups excluding carboxylic acids is 2. The standard InChI is InChI=1S/C27H27FO4/c1-6-32-26(30)21-11-12-27(3,4)23-15-19(17(2)13-22(21)23)9-7-18-8-10-20(24(28)14-18)16-25(29)31-5/h8,10-11,13-15H,6,12,16H2,1-5H3. The highest BCUT2D eigenvalue weighted by Crippen LogP contribution is 2.40. The van der Waals surface area contributed by atoms with Gasteiger partial charge < -0.3 is 9.47 Å². The van der Waals surface area contributed by atoms with Gasteiger partial charge in [0.15, 0.2) is 0 Å². The zero-order valence-corrected chi connectivity index (χ0v) is 19.1. The van der Waals surface area contributed by atoms with Gasteiger partial charge in [0.2, 0.25) is 0 Å². The minimum atomic E-state index is -0.494. The molecule has 0 atom stereocenters. The van der Waals surface area contributed by atoms with E-state index in [1.54, 1.807) is 19.1 Å². The molecule has 0 N–H and O–H groups in total. The number of rotatable bonds is 4. The normalized spacial score (nSPS) is 13.9. The fraction of sp³-hybridized carbons (Fsp3) is 0.333. The number of ether oxygens (including phenoxy) is 2. The van der Waals surface area contributed by atoms with Gasteiger partial charge in [-0.15, -0.1) is 0 Å². The Hall–Kier alpha value is -3.39. The number of hydrogen-bond acceptors (Lipinski definition) is 4. The average molecular weight is 435 g/mol. The lowest BCUT2D eigenvalue weighted by molar-refractivity contribution is -0.140. The van der Waals surface area contributed by atoms with E-state index in [1.165, 1.54) is 13.2 Å². The number of fused-ring (bicyclic) bond motifs is 1. The number of allylic oxidation sites excluding steroid dienone is 1. The molecule has 166 valence electrons. The van der Waals surface area contributed by atoms with Crippen LogP contribution in [-0.2, 0) is 30.9 Å². The molecule has 0 unspecified atom stereocenters. The smallest absolute Gasteiger partial charge is 0.338 e. The van der Waals surface area contributed by atoms with Crippen molar-refractivity contribution in [3.05, 3.63) is 75.6 Å². The van der Waals surface area contributed by atoms with E-state index in [4.69, 9.17) is 4.74 Å². The molecule has 1 aliphatic rings. The molecular weight excluding hydrogens is 407 g/mol. The van der Waals surface area contributed by atoms with E-state index < -0.39 is 11.8 Å². The van der Waals surface area contributed by atoms with Gasteiger partial charge in [-0.1, -0.05) is 37.8 Å². The van der Waals surface area contributed by atoms with Crippen molar-refractivity contribution in [3.8, 4) is 11.8 Å². The topological polar surface area (TPSA) is 52.6 Å². The van der Waals surface area contributed by atoms with Gasteiger partial charge in [-0.05, 0) is 72.2 Å². The second-order valence-electron chi connectivity index (χ2n) is 8.45. The van der Waals surface area contributed by atoms with Crippen LogP contribution in [0, 0.1) is 24.6 Å². The fourth-order valence-corrected chi connectivity index (χ4v) is 3.74. The van der Waals surface area contributed by atoms with E-state index >= 15 is 0 Å².